The van der Waals surface area contributed by atoms with E-state index in [1.165, 1.54) is 167 Å². The highest BCUT2D eigenvalue weighted by Crippen LogP contribution is 2.48. The zero-order chi connectivity index (χ0) is 89.7. The van der Waals surface area contributed by atoms with E-state index in [0.717, 1.165) is 181 Å². The van der Waals surface area contributed by atoms with Crippen LogP contribution in [0.4, 0.5) is 0 Å². The summed E-state index contributed by atoms with van der Waals surface area (Å²) in [5, 5.41) is 39.0. The third kappa shape index (κ3) is 22.7. The molecule has 4 atom stereocenters. The molecule has 18 nitrogen and oxygen atoms in total. The largest absolute Gasteiger partial charge is 0.511 e. The molecular weight excluding hydrogens is 1590 g/mol. The van der Waals surface area contributed by atoms with Gasteiger partial charge in [-0.15, -0.1) is 0 Å². The second-order valence-electron chi connectivity index (χ2n) is 37.6. The SMILES string of the molecule is CCCCCCCCCCCCCCCCCCOC(=O)CC[C@@H]1C2=C3CC(O)=C4C=C(C=C5N=C(C=C6N=C(C=C(N2)[C@H]1C)C(C)=C6CNC(=O)c1ccc2cccc(C(=O)NCC6=C(C)C7=NC6=CC6=NC(=CC8=CC9=C(O)CC(=C%10NC(=C7)[C@@H](C)[C@@H]%10CCC(=O)OCCCCCCCCCCCCCCCCCC)C9=N8)C(CC)=C6C)c2c1)C(C)=C5CC)N=C43. The molecule has 2 saturated heterocycles. The van der Waals surface area contributed by atoms with Gasteiger partial charge in [-0.25, -0.2) is 30.0 Å². The van der Waals surface area contributed by atoms with Crippen molar-refractivity contribution >= 4 is 68.8 Å². The van der Waals surface area contributed by atoms with Crippen molar-refractivity contribution in [3.05, 3.63) is 231 Å². The number of ether oxygens (including phenoxy) is 2. The molecule has 0 spiro atoms. The second kappa shape index (κ2) is 45.3. The first-order valence-corrected chi connectivity index (χ1v) is 49.6. The standard InChI is InChI=1S/C110H142N10O8/c1-11-15-17-19-21-23-25-27-29-31-33-35-37-39-41-43-54-127-103(123)52-50-81-71(7)95-63-91-73(9)89(99(117-91)65-93-69(5)79(13-3)97(115-93)59-77-57-85-101(121)61-87(105(81)119-95)107(85)113-77)67-111-109(125)76-49-48-75-46-45-47-83(84(75)56-76)110(126)112-68-90-74(10)92-64-96-72(8)82(51-53-104(124)128-55-44-42-40-38-36-34-32-30-28-26-24-22-20-18-16-12-2)106(120-96)88-62-102(122)86-58-78(114-108(86)88)60-98-80(14-4)70(6)94(116-98)66-100(90)118-92/h45-49,56-60,63-66,71-72,81-82,119-122H,11-44,50-55,61-62,67-68H2,1-10H3,(H,111,125)(H,112,126)/t71-,72-,81-,82-/m0/s1. The van der Waals surface area contributed by atoms with Crippen LogP contribution in [-0.2, 0) is 19.1 Å². The van der Waals surface area contributed by atoms with Crippen molar-refractivity contribution in [1.82, 2.24) is 21.3 Å². The maximum absolute atomic E-state index is 15.1. The summed E-state index contributed by atoms with van der Waals surface area (Å²) < 4.78 is 11.8. The fourth-order valence-electron chi connectivity index (χ4n) is 20.7. The molecule has 128 heavy (non-hydrogen) atoms. The van der Waals surface area contributed by atoms with E-state index in [-0.39, 0.29) is 84.9 Å². The quantitative estimate of drug-likeness (QED) is 0.0270. The number of aliphatic imine (C=N–C) groups is 6. The van der Waals surface area contributed by atoms with Gasteiger partial charge in [-0.1, -0.05) is 252 Å². The summed E-state index contributed by atoms with van der Waals surface area (Å²) in [5.74, 6) is -0.911. The molecule has 18 heteroatoms. The molecule has 0 radical (unpaired) electrons. The Hall–Kier alpha value is -10.4. The van der Waals surface area contributed by atoms with Gasteiger partial charge < -0.3 is 41.0 Å². The minimum absolute atomic E-state index is 0.0778. The van der Waals surface area contributed by atoms with Crippen LogP contribution in [0.1, 0.15) is 347 Å². The number of aliphatic hydroxyl groups is 2. The van der Waals surface area contributed by atoms with E-state index in [1.54, 1.807) is 18.2 Å². The molecule has 0 saturated carbocycles. The van der Waals surface area contributed by atoms with Gasteiger partial charge in [0.2, 0.25) is 0 Å². The van der Waals surface area contributed by atoms with E-state index >= 15 is 4.79 Å². The number of rotatable bonds is 48. The number of fused-ring (bicyclic) bond motifs is 11. The fraction of sp³-hybridized carbons (Fsp3) is 0.527. The van der Waals surface area contributed by atoms with Gasteiger partial charge in [-0.2, -0.15) is 0 Å². The predicted molar refractivity (Wildman–Crippen MR) is 523 cm³/mol. The van der Waals surface area contributed by atoms with Gasteiger partial charge in [0.25, 0.3) is 11.8 Å². The van der Waals surface area contributed by atoms with E-state index in [9.17, 15) is 24.6 Å². The number of esters is 2. The van der Waals surface area contributed by atoms with E-state index < -0.39 is 0 Å². The highest BCUT2D eigenvalue weighted by atomic mass is 16.5. The predicted octanol–water partition coefficient (Wildman–Crippen LogP) is 26.0. The Morgan fingerprint density at radius 2 is 0.773 bits per heavy atom. The van der Waals surface area contributed by atoms with Gasteiger partial charge >= 0.3 is 11.9 Å². The van der Waals surface area contributed by atoms with Crippen LogP contribution in [-0.4, -0.2) is 94.5 Å². The minimum atomic E-state index is -0.324. The van der Waals surface area contributed by atoms with Gasteiger partial charge in [0.15, 0.2) is 0 Å². The Morgan fingerprint density at radius 3 is 1.16 bits per heavy atom. The molecule has 680 valence electrons. The lowest BCUT2D eigenvalue weighted by Crippen LogP contribution is -2.27. The highest BCUT2D eigenvalue weighted by Gasteiger charge is 2.43. The third-order valence-electron chi connectivity index (χ3n) is 28.6. The summed E-state index contributed by atoms with van der Waals surface area (Å²) in [4.78, 5) is 89.0. The van der Waals surface area contributed by atoms with Crippen molar-refractivity contribution in [2.45, 2.75) is 326 Å². The van der Waals surface area contributed by atoms with Crippen LogP contribution < -0.4 is 21.3 Å². The molecule has 10 heterocycles. The molecule has 2 aromatic rings. The molecule has 2 amide bonds. The topological polar surface area (TPSA) is 249 Å². The summed E-state index contributed by atoms with van der Waals surface area (Å²) in [6.07, 6.45) is 60.9. The molecule has 2 aliphatic carbocycles. The Morgan fingerprint density at radius 1 is 0.414 bits per heavy atom. The van der Waals surface area contributed by atoms with Crippen molar-refractivity contribution in [2.75, 3.05) is 26.3 Å². The Bertz CT molecular complexity index is 5370. The number of benzene rings is 2. The van der Waals surface area contributed by atoms with Gasteiger partial charge in [-0.3, -0.25) is 19.2 Å². The molecule has 0 unspecified atom stereocenters. The summed E-state index contributed by atoms with van der Waals surface area (Å²) in [6, 6.07) is 11.1. The zero-order valence-corrected chi connectivity index (χ0v) is 78.5. The molecule has 2 aromatic carbocycles. The van der Waals surface area contributed by atoms with Crippen molar-refractivity contribution in [2.24, 2.45) is 53.6 Å². The molecule has 14 rings (SSSR count). The number of nitrogens with zero attached hydrogens (tertiary/aromatic N) is 6. The smallest absolute Gasteiger partial charge is 0.305 e. The molecule has 12 aliphatic rings. The van der Waals surface area contributed by atoms with E-state index in [0.29, 0.717) is 89.3 Å². The fourth-order valence-corrected chi connectivity index (χ4v) is 20.7. The molecule has 6 N–H and O–H groups in total. The van der Waals surface area contributed by atoms with Crippen molar-refractivity contribution in [3.8, 4) is 0 Å². The van der Waals surface area contributed by atoms with Crippen LogP contribution in [0.25, 0.3) is 10.8 Å². The first-order chi connectivity index (χ1) is 62.3. The number of unbranched alkanes of at least 4 members (excludes halogenated alkanes) is 30. The second-order valence-corrected chi connectivity index (χ2v) is 37.6. The van der Waals surface area contributed by atoms with Crippen LogP contribution in [0.3, 0.4) is 0 Å². The lowest BCUT2D eigenvalue weighted by atomic mass is 9.86. The average Bonchev–Trinajstić information content (AvgIpc) is 1.60. The number of hydrogen-bond acceptors (Lipinski definition) is 16. The van der Waals surface area contributed by atoms with E-state index in [4.69, 9.17) is 39.4 Å². The monoisotopic (exact) mass is 1730 g/mol. The lowest BCUT2D eigenvalue weighted by Gasteiger charge is -2.17. The lowest BCUT2D eigenvalue weighted by molar-refractivity contribution is -0.145. The Kier molecular flexibility index (Phi) is 33.2. The van der Waals surface area contributed by atoms with Gasteiger partial charge in [0, 0.05) is 130 Å². The molecule has 0 aromatic heterocycles. The van der Waals surface area contributed by atoms with Crippen LogP contribution in [0.2, 0.25) is 0 Å². The van der Waals surface area contributed by atoms with Gasteiger partial charge in [-0.05, 0) is 177 Å². The number of carbonyl (C=O) groups excluding carboxylic acids is 4. The number of aliphatic hydroxyl groups excluding tert-OH is 2. The molecule has 10 aliphatic heterocycles. The summed E-state index contributed by atoms with van der Waals surface area (Å²) in [5.41, 5.74) is 24.2. The molecule has 2 fully saturated rings. The van der Waals surface area contributed by atoms with Gasteiger partial charge in [0.1, 0.15) is 11.5 Å². The Labute approximate surface area is 762 Å². The molecule has 16 bridgehead atoms. The van der Waals surface area contributed by atoms with Crippen molar-refractivity contribution in [3.63, 3.8) is 0 Å². The summed E-state index contributed by atoms with van der Waals surface area (Å²) in [6.45, 7) is 22.6. The number of amides is 2. The zero-order valence-electron chi connectivity index (χ0n) is 78.5. The molecular formula is C110H142N10O8. The van der Waals surface area contributed by atoms with Crippen LogP contribution in [0.15, 0.2) is 250 Å². The summed E-state index contributed by atoms with van der Waals surface area (Å²) >= 11 is 0. The average molecular weight is 1730 g/mol. The van der Waals surface area contributed by atoms with Crippen LogP contribution in [0, 0.1) is 23.7 Å². The van der Waals surface area contributed by atoms with Gasteiger partial charge in [0.05, 0.1) is 81.7 Å². The van der Waals surface area contributed by atoms with Crippen molar-refractivity contribution < 1.29 is 38.9 Å². The first-order valence-electron chi connectivity index (χ1n) is 49.6. The number of allylic oxidation sites excluding steroid dienone is 22. The first kappa shape index (κ1) is 93.8. The van der Waals surface area contributed by atoms with Crippen LogP contribution in [0.5, 0.6) is 0 Å². The Balaban J connectivity index is 0.639. The third-order valence-corrected chi connectivity index (χ3v) is 28.6. The number of carbonyl (C=O) groups is 4. The maximum Gasteiger partial charge on any atom is 0.305 e. The summed E-state index contributed by atoms with van der Waals surface area (Å²) in [7, 11) is 0. The normalized spacial score (nSPS) is 20.2. The van der Waals surface area contributed by atoms with E-state index in [2.05, 4.69) is 88.8 Å². The number of nitrogens with one attached hydrogen (secondary N) is 4. The van der Waals surface area contributed by atoms with Crippen molar-refractivity contribution in [1.29, 1.82) is 0 Å². The highest BCUT2D eigenvalue weighted by molar-refractivity contribution is 6.22. The maximum atomic E-state index is 15.1. The minimum Gasteiger partial charge on any atom is -0.511 e. The van der Waals surface area contributed by atoms with E-state index in [1.807, 2.05) is 68.5 Å². The number of hydrogen-bond donors (Lipinski definition) is 6. The van der Waals surface area contributed by atoms with Crippen LogP contribution >= 0.6 is 0 Å².